The first-order valence-corrected chi connectivity index (χ1v) is 5.43. The molecule has 1 aromatic rings. The van der Waals surface area contributed by atoms with E-state index in [1.165, 1.54) is 0 Å². The van der Waals surface area contributed by atoms with Gasteiger partial charge in [-0.3, -0.25) is 20.1 Å². The van der Waals surface area contributed by atoms with Crippen molar-refractivity contribution < 1.29 is 4.79 Å². The number of carbonyl (C=O) groups is 1. The minimum absolute atomic E-state index is 0.461. The maximum atomic E-state index is 11.6. The fraction of sp³-hybridized carbons (Fsp3) is 0.545. The smallest absolute Gasteiger partial charge is 0.243 e. The van der Waals surface area contributed by atoms with Crippen LogP contribution in [0.25, 0.3) is 0 Å². The molecule has 1 rings (SSSR count). The van der Waals surface area contributed by atoms with Crippen molar-refractivity contribution in [2.75, 3.05) is 27.2 Å². The average Bonchev–Trinajstić information content (AvgIpc) is 2.29. The third-order valence-corrected chi connectivity index (χ3v) is 2.61. The average molecular weight is 237 g/mol. The lowest BCUT2D eigenvalue weighted by molar-refractivity contribution is -0.124. The number of likely N-dealkylation sites (N-methyl/N-ethyl adjacent to an activating group) is 1. The highest BCUT2D eigenvalue weighted by Gasteiger charge is 2.34. The highest BCUT2D eigenvalue weighted by Crippen LogP contribution is 2.16. The number of aromatic nitrogens is 2. The van der Waals surface area contributed by atoms with E-state index in [4.69, 9.17) is 5.73 Å². The standard InChI is InChI=1S/C11H19N5O/c1-11(10(12)17,15-6-7-16(2)3)9-8-13-4-5-14-9/h4-5,8,15H,6-7H2,1-3H3,(H2,12,17). The lowest BCUT2D eigenvalue weighted by atomic mass is 9.97. The van der Waals surface area contributed by atoms with E-state index in [0.717, 1.165) is 6.54 Å². The number of nitrogens with one attached hydrogen (secondary N) is 1. The monoisotopic (exact) mass is 237 g/mol. The van der Waals surface area contributed by atoms with Crippen LogP contribution in [-0.4, -0.2) is 48.0 Å². The fourth-order valence-electron chi connectivity index (χ4n) is 1.39. The second-order valence-corrected chi connectivity index (χ2v) is 4.31. The minimum atomic E-state index is -0.982. The summed E-state index contributed by atoms with van der Waals surface area (Å²) in [7, 11) is 3.93. The zero-order chi connectivity index (χ0) is 12.9. The third-order valence-electron chi connectivity index (χ3n) is 2.61. The van der Waals surface area contributed by atoms with Crippen LogP contribution in [0.2, 0.25) is 0 Å². The minimum Gasteiger partial charge on any atom is -0.368 e. The van der Waals surface area contributed by atoms with Crippen molar-refractivity contribution >= 4 is 5.91 Å². The molecular weight excluding hydrogens is 218 g/mol. The summed E-state index contributed by atoms with van der Waals surface area (Å²) in [6.45, 7) is 3.17. The molecule has 17 heavy (non-hydrogen) atoms. The Morgan fingerprint density at radius 3 is 2.71 bits per heavy atom. The molecule has 1 amide bonds. The summed E-state index contributed by atoms with van der Waals surface area (Å²) in [6, 6.07) is 0. The van der Waals surface area contributed by atoms with Crippen LogP contribution in [0.15, 0.2) is 18.6 Å². The Morgan fingerprint density at radius 1 is 1.53 bits per heavy atom. The number of nitrogens with two attached hydrogens (primary N) is 1. The van der Waals surface area contributed by atoms with Crippen LogP contribution in [0.4, 0.5) is 0 Å². The summed E-state index contributed by atoms with van der Waals surface area (Å²) >= 11 is 0. The van der Waals surface area contributed by atoms with Gasteiger partial charge in [0.1, 0.15) is 5.54 Å². The van der Waals surface area contributed by atoms with Gasteiger partial charge in [-0.15, -0.1) is 0 Å². The van der Waals surface area contributed by atoms with E-state index in [9.17, 15) is 4.79 Å². The van der Waals surface area contributed by atoms with Gasteiger partial charge in [-0.05, 0) is 21.0 Å². The van der Waals surface area contributed by atoms with Gasteiger partial charge in [0.15, 0.2) is 0 Å². The van der Waals surface area contributed by atoms with Crippen LogP contribution in [0.5, 0.6) is 0 Å². The number of primary amides is 1. The summed E-state index contributed by atoms with van der Waals surface area (Å²) in [5.41, 5.74) is 4.99. The molecule has 0 bridgehead atoms. The topological polar surface area (TPSA) is 84.1 Å². The zero-order valence-electron chi connectivity index (χ0n) is 10.5. The Balaban J connectivity index is 2.80. The van der Waals surface area contributed by atoms with Crippen molar-refractivity contribution in [1.82, 2.24) is 20.2 Å². The second-order valence-electron chi connectivity index (χ2n) is 4.31. The molecule has 3 N–H and O–H groups in total. The predicted molar refractivity (Wildman–Crippen MR) is 65.1 cm³/mol. The van der Waals surface area contributed by atoms with Gasteiger partial charge < -0.3 is 10.6 Å². The number of hydrogen-bond acceptors (Lipinski definition) is 5. The lowest BCUT2D eigenvalue weighted by Gasteiger charge is -2.27. The highest BCUT2D eigenvalue weighted by atomic mass is 16.1. The van der Waals surface area contributed by atoms with E-state index in [-0.39, 0.29) is 0 Å². The van der Waals surface area contributed by atoms with E-state index in [1.54, 1.807) is 25.5 Å². The second kappa shape index (κ2) is 5.70. The van der Waals surface area contributed by atoms with Gasteiger partial charge in [-0.2, -0.15) is 0 Å². The molecule has 0 aliphatic rings. The van der Waals surface area contributed by atoms with E-state index < -0.39 is 11.4 Å². The summed E-state index contributed by atoms with van der Waals surface area (Å²) in [5, 5.41) is 3.12. The first kappa shape index (κ1) is 13.5. The van der Waals surface area contributed by atoms with Gasteiger partial charge in [0.05, 0.1) is 11.9 Å². The van der Waals surface area contributed by atoms with Gasteiger partial charge in [-0.25, -0.2) is 0 Å². The number of amides is 1. The van der Waals surface area contributed by atoms with Crippen LogP contribution >= 0.6 is 0 Å². The van der Waals surface area contributed by atoms with Crippen molar-refractivity contribution in [2.24, 2.45) is 5.73 Å². The molecule has 0 aliphatic heterocycles. The van der Waals surface area contributed by atoms with E-state index in [2.05, 4.69) is 15.3 Å². The molecule has 1 heterocycles. The lowest BCUT2D eigenvalue weighted by Crippen LogP contribution is -2.52. The SMILES string of the molecule is CN(C)CCNC(C)(C(N)=O)c1cnccn1. The van der Waals surface area contributed by atoms with Gasteiger partial charge in [-0.1, -0.05) is 0 Å². The Bertz CT molecular complexity index is 367. The molecule has 0 spiro atoms. The Labute approximate surface area is 101 Å². The quantitative estimate of drug-likeness (QED) is 0.685. The van der Waals surface area contributed by atoms with Gasteiger partial charge in [0.25, 0.3) is 0 Å². The predicted octanol–water partition coefficient (Wildman–Crippen LogP) is -0.672. The number of carbonyl (C=O) groups excluding carboxylic acids is 1. The maximum absolute atomic E-state index is 11.6. The third kappa shape index (κ3) is 3.47. The molecule has 6 heteroatoms. The zero-order valence-corrected chi connectivity index (χ0v) is 10.5. The molecule has 0 radical (unpaired) electrons. The van der Waals surface area contributed by atoms with Crippen LogP contribution in [0.3, 0.4) is 0 Å². The summed E-state index contributed by atoms with van der Waals surface area (Å²) in [4.78, 5) is 21.7. The largest absolute Gasteiger partial charge is 0.368 e. The Kier molecular flexibility index (Phi) is 4.53. The summed E-state index contributed by atoms with van der Waals surface area (Å²) in [6.07, 6.45) is 4.66. The Hall–Kier alpha value is -1.53. The summed E-state index contributed by atoms with van der Waals surface area (Å²) < 4.78 is 0. The maximum Gasteiger partial charge on any atom is 0.243 e. The van der Waals surface area contributed by atoms with Crippen molar-refractivity contribution in [3.8, 4) is 0 Å². The number of rotatable bonds is 6. The van der Waals surface area contributed by atoms with Crippen molar-refractivity contribution in [3.63, 3.8) is 0 Å². The molecule has 6 nitrogen and oxygen atoms in total. The molecule has 0 aliphatic carbocycles. The van der Waals surface area contributed by atoms with Crippen LogP contribution in [-0.2, 0) is 10.3 Å². The first-order chi connectivity index (χ1) is 7.97. The van der Waals surface area contributed by atoms with E-state index in [1.807, 2.05) is 19.0 Å². The van der Waals surface area contributed by atoms with Crippen LogP contribution in [0, 0.1) is 0 Å². The van der Waals surface area contributed by atoms with Crippen LogP contribution < -0.4 is 11.1 Å². The molecule has 1 aromatic heterocycles. The van der Waals surface area contributed by atoms with E-state index in [0.29, 0.717) is 12.2 Å². The first-order valence-electron chi connectivity index (χ1n) is 5.43. The number of hydrogen-bond donors (Lipinski definition) is 2. The van der Waals surface area contributed by atoms with Crippen LogP contribution in [0.1, 0.15) is 12.6 Å². The summed E-state index contributed by atoms with van der Waals surface area (Å²) in [5.74, 6) is -0.461. The fourth-order valence-corrected chi connectivity index (χ4v) is 1.39. The molecular formula is C11H19N5O. The molecule has 0 aromatic carbocycles. The molecule has 94 valence electrons. The van der Waals surface area contributed by atoms with Crippen molar-refractivity contribution in [3.05, 3.63) is 24.3 Å². The molecule has 1 atom stereocenters. The van der Waals surface area contributed by atoms with Gasteiger partial charge in [0, 0.05) is 25.5 Å². The normalized spacial score (nSPS) is 14.6. The Morgan fingerprint density at radius 2 is 2.24 bits per heavy atom. The number of nitrogens with zero attached hydrogens (tertiary/aromatic N) is 3. The van der Waals surface area contributed by atoms with Crippen molar-refractivity contribution in [2.45, 2.75) is 12.5 Å². The van der Waals surface area contributed by atoms with Gasteiger partial charge >= 0.3 is 0 Å². The molecule has 0 saturated heterocycles. The van der Waals surface area contributed by atoms with Crippen molar-refractivity contribution in [1.29, 1.82) is 0 Å². The molecule has 0 fully saturated rings. The van der Waals surface area contributed by atoms with E-state index >= 15 is 0 Å². The molecule has 0 saturated carbocycles. The molecule has 1 unspecified atom stereocenters. The highest BCUT2D eigenvalue weighted by molar-refractivity contribution is 5.85. The van der Waals surface area contributed by atoms with Gasteiger partial charge in [0.2, 0.25) is 5.91 Å².